The summed E-state index contributed by atoms with van der Waals surface area (Å²) in [7, 11) is 0. The Kier molecular flexibility index (Phi) is 5.92. The number of allylic oxidation sites excluding steroid dienone is 1. The smallest absolute Gasteiger partial charge is 0.246 e. The van der Waals surface area contributed by atoms with Gasteiger partial charge in [0.25, 0.3) is 0 Å². The minimum Gasteiger partial charge on any atom is -0.356 e. The molecule has 0 aliphatic carbocycles. The zero-order valence-corrected chi connectivity index (χ0v) is 13.8. The SMILES string of the molecule is CC/C=C(\C)C(=O)NC1CCN(c2cc(CC)ncn2)CC1. The zero-order valence-electron chi connectivity index (χ0n) is 13.8. The number of aryl methyl sites for hydroxylation is 1. The average Bonchev–Trinajstić information content (AvgIpc) is 2.55. The van der Waals surface area contributed by atoms with Crippen molar-refractivity contribution in [2.45, 2.75) is 52.5 Å². The lowest BCUT2D eigenvalue weighted by Gasteiger charge is -2.33. The van der Waals surface area contributed by atoms with Crippen LogP contribution in [-0.4, -0.2) is 35.0 Å². The van der Waals surface area contributed by atoms with Crippen LogP contribution in [0, 0.1) is 0 Å². The summed E-state index contributed by atoms with van der Waals surface area (Å²) in [4.78, 5) is 22.9. The molecule has 5 nitrogen and oxygen atoms in total. The van der Waals surface area contributed by atoms with Crippen LogP contribution in [-0.2, 0) is 11.2 Å². The number of piperidine rings is 1. The molecule has 0 aromatic carbocycles. The van der Waals surface area contributed by atoms with Gasteiger partial charge < -0.3 is 10.2 Å². The highest BCUT2D eigenvalue weighted by molar-refractivity contribution is 5.92. The van der Waals surface area contributed by atoms with Crippen LogP contribution >= 0.6 is 0 Å². The van der Waals surface area contributed by atoms with Crippen molar-refractivity contribution in [2.75, 3.05) is 18.0 Å². The number of aromatic nitrogens is 2. The van der Waals surface area contributed by atoms with E-state index in [4.69, 9.17) is 0 Å². The third-order valence-electron chi connectivity index (χ3n) is 4.09. The lowest BCUT2D eigenvalue weighted by Crippen LogP contribution is -2.45. The fourth-order valence-electron chi connectivity index (χ4n) is 2.70. The van der Waals surface area contributed by atoms with Crippen molar-refractivity contribution in [1.82, 2.24) is 15.3 Å². The molecule has 5 heteroatoms. The van der Waals surface area contributed by atoms with Gasteiger partial charge in [-0.2, -0.15) is 0 Å². The molecular weight excluding hydrogens is 276 g/mol. The molecule has 2 heterocycles. The predicted octanol–water partition coefficient (Wildman–Crippen LogP) is 2.48. The second-order valence-corrected chi connectivity index (χ2v) is 5.75. The largest absolute Gasteiger partial charge is 0.356 e. The van der Waals surface area contributed by atoms with Gasteiger partial charge in [-0.3, -0.25) is 4.79 Å². The van der Waals surface area contributed by atoms with Gasteiger partial charge in [0.2, 0.25) is 5.91 Å². The van der Waals surface area contributed by atoms with Crippen molar-refractivity contribution in [2.24, 2.45) is 0 Å². The quantitative estimate of drug-likeness (QED) is 0.849. The molecule has 2 rings (SSSR count). The molecule has 1 aliphatic rings. The van der Waals surface area contributed by atoms with Gasteiger partial charge in [-0.25, -0.2) is 9.97 Å². The monoisotopic (exact) mass is 302 g/mol. The Morgan fingerprint density at radius 2 is 2.09 bits per heavy atom. The van der Waals surface area contributed by atoms with E-state index in [1.807, 2.05) is 19.9 Å². The molecule has 1 saturated heterocycles. The molecule has 22 heavy (non-hydrogen) atoms. The van der Waals surface area contributed by atoms with Crippen LogP contribution in [0.15, 0.2) is 24.0 Å². The first kappa shape index (κ1) is 16.5. The van der Waals surface area contributed by atoms with Crippen LogP contribution in [0.2, 0.25) is 0 Å². The molecule has 0 atom stereocenters. The number of hydrogen-bond acceptors (Lipinski definition) is 4. The van der Waals surface area contributed by atoms with E-state index >= 15 is 0 Å². The molecular formula is C17H26N4O. The molecule has 1 fully saturated rings. The first-order valence-corrected chi connectivity index (χ1v) is 8.17. The van der Waals surface area contributed by atoms with E-state index in [0.717, 1.165) is 55.9 Å². The van der Waals surface area contributed by atoms with E-state index in [-0.39, 0.29) is 11.9 Å². The lowest BCUT2D eigenvalue weighted by atomic mass is 10.0. The fraction of sp³-hybridized carbons (Fsp3) is 0.588. The zero-order chi connectivity index (χ0) is 15.9. The van der Waals surface area contributed by atoms with E-state index in [1.54, 1.807) is 6.33 Å². The second-order valence-electron chi connectivity index (χ2n) is 5.75. The molecule has 1 aromatic rings. The number of anilines is 1. The van der Waals surface area contributed by atoms with Crippen molar-refractivity contribution in [3.8, 4) is 0 Å². The van der Waals surface area contributed by atoms with Gasteiger partial charge in [0, 0.05) is 36.5 Å². The Bertz CT molecular complexity index is 533. The third-order valence-corrected chi connectivity index (χ3v) is 4.09. The minimum absolute atomic E-state index is 0.0654. The van der Waals surface area contributed by atoms with E-state index in [1.165, 1.54) is 0 Å². The maximum atomic E-state index is 12.0. The molecule has 1 N–H and O–H groups in total. The summed E-state index contributed by atoms with van der Waals surface area (Å²) in [5, 5.41) is 3.13. The van der Waals surface area contributed by atoms with Crippen molar-refractivity contribution in [3.63, 3.8) is 0 Å². The van der Waals surface area contributed by atoms with Crippen LogP contribution in [0.3, 0.4) is 0 Å². The minimum atomic E-state index is 0.0654. The molecule has 0 unspecified atom stereocenters. The van der Waals surface area contributed by atoms with Gasteiger partial charge in [0.1, 0.15) is 12.1 Å². The van der Waals surface area contributed by atoms with Crippen molar-refractivity contribution < 1.29 is 4.79 Å². The highest BCUT2D eigenvalue weighted by atomic mass is 16.1. The average molecular weight is 302 g/mol. The van der Waals surface area contributed by atoms with Crippen LogP contribution in [0.4, 0.5) is 5.82 Å². The van der Waals surface area contributed by atoms with Crippen LogP contribution in [0.5, 0.6) is 0 Å². The summed E-state index contributed by atoms with van der Waals surface area (Å²) in [5.74, 6) is 1.06. The van der Waals surface area contributed by atoms with Gasteiger partial charge in [-0.15, -0.1) is 0 Å². The highest BCUT2D eigenvalue weighted by Crippen LogP contribution is 2.18. The maximum absolute atomic E-state index is 12.0. The summed E-state index contributed by atoms with van der Waals surface area (Å²) in [6.07, 6.45) is 7.34. The number of carbonyl (C=O) groups is 1. The lowest BCUT2D eigenvalue weighted by molar-refractivity contribution is -0.118. The van der Waals surface area contributed by atoms with Crippen LogP contribution in [0.25, 0.3) is 0 Å². The van der Waals surface area contributed by atoms with E-state index in [2.05, 4.69) is 33.2 Å². The number of nitrogens with one attached hydrogen (secondary N) is 1. The second kappa shape index (κ2) is 7.92. The maximum Gasteiger partial charge on any atom is 0.246 e. The third kappa shape index (κ3) is 4.29. The Hall–Kier alpha value is -1.91. The van der Waals surface area contributed by atoms with Gasteiger partial charge in [-0.05, 0) is 32.6 Å². The van der Waals surface area contributed by atoms with Gasteiger partial charge in [0.05, 0.1) is 0 Å². The molecule has 0 saturated carbocycles. The van der Waals surface area contributed by atoms with E-state index in [9.17, 15) is 4.79 Å². The number of hydrogen-bond donors (Lipinski definition) is 1. The molecule has 1 aromatic heterocycles. The topological polar surface area (TPSA) is 58.1 Å². The van der Waals surface area contributed by atoms with Crippen molar-refractivity contribution in [3.05, 3.63) is 29.7 Å². The standard InChI is InChI=1S/C17H26N4O/c1-4-6-13(3)17(22)20-15-7-9-21(10-8-15)16-11-14(5-2)18-12-19-16/h6,11-12,15H,4-5,7-10H2,1-3H3,(H,20,22)/b13-6+. The summed E-state index contributed by atoms with van der Waals surface area (Å²) in [6, 6.07) is 2.32. The van der Waals surface area contributed by atoms with E-state index in [0.29, 0.717) is 0 Å². The number of rotatable bonds is 5. The molecule has 1 aliphatic heterocycles. The first-order chi connectivity index (χ1) is 10.6. The molecule has 0 bridgehead atoms. The summed E-state index contributed by atoms with van der Waals surface area (Å²) in [6.45, 7) is 7.85. The van der Waals surface area contributed by atoms with Gasteiger partial charge in [0.15, 0.2) is 0 Å². The van der Waals surface area contributed by atoms with Crippen LogP contribution in [0.1, 0.15) is 45.7 Å². The normalized spacial score (nSPS) is 16.7. The Morgan fingerprint density at radius 1 is 1.36 bits per heavy atom. The first-order valence-electron chi connectivity index (χ1n) is 8.17. The summed E-state index contributed by atoms with van der Waals surface area (Å²) >= 11 is 0. The summed E-state index contributed by atoms with van der Waals surface area (Å²) < 4.78 is 0. The highest BCUT2D eigenvalue weighted by Gasteiger charge is 2.22. The fourth-order valence-corrected chi connectivity index (χ4v) is 2.70. The Balaban J connectivity index is 1.87. The Labute approximate surface area is 132 Å². The molecule has 1 amide bonds. The number of nitrogens with zero attached hydrogens (tertiary/aromatic N) is 3. The Morgan fingerprint density at radius 3 is 2.73 bits per heavy atom. The van der Waals surface area contributed by atoms with Gasteiger partial charge in [-0.1, -0.05) is 19.9 Å². The van der Waals surface area contributed by atoms with E-state index < -0.39 is 0 Å². The molecule has 0 radical (unpaired) electrons. The number of amides is 1. The van der Waals surface area contributed by atoms with Crippen LogP contribution < -0.4 is 10.2 Å². The van der Waals surface area contributed by atoms with Crippen molar-refractivity contribution in [1.29, 1.82) is 0 Å². The predicted molar refractivity (Wildman–Crippen MR) is 88.8 cm³/mol. The van der Waals surface area contributed by atoms with Crippen molar-refractivity contribution >= 4 is 11.7 Å². The summed E-state index contributed by atoms with van der Waals surface area (Å²) in [5.41, 5.74) is 1.88. The van der Waals surface area contributed by atoms with Gasteiger partial charge >= 0.3 is 0 Å². The molecule has 120 valence electrons. The number of carbonyl (C=O) groups excluding carboxylic acids is 1. The molecule has 0 spiro atoms.